The van der Waals surface area contributed by atoms with Crippen LogP contribution in [0.25, 0.3) is 11.2 Å². The van der Waals surface area contributed by atoms with E-state index in [1.165, 1.54) is 0 Å². The lowest BCUT2D eigenvalue weighted by Crippen LogP contribution is -2.31. The summed E-state index contributed by atoms with van der Waals surface area (Å²) < 4.78 is 8.70. The Hall–Kier alpha value is -0.650. The van der Waals surface area contributed by atoms with E-state index in [4.69, 9.17) is 21.3 Å². The van der Waals surface area contributed by atoms with Gasteiger partial charge in [-0.05, 0) is 40.3 Å². The molecular weight excluding hydrogens is 354 g/mol. The van der Waals surface area contributed by atoms with Crippen LogP contribution in [0.5, 0.6) is 0 Å². The third-order valence-electron chi connectivity index (χ3n) is 4.19. The number of fused-ring (bicyclic) bond motifs is 1. The Kier molecular flexibility index (Phi) is 4.52. The van der Waals surface area contributed by atoms with E-state index in [1.807, 2.05) is 12.3 Å². The van der Waals surface area contributed by atoms with Crippen molar-refractivity contribution in [1.29, 1.82) is 0 Å². The van der Waals surface area contributed by atoms with Gasteiger partial charge in [0.1, 0.15) is 11.3 Å². The van der Waals surface area contributed by atoms with Gasteiger partial charge in [-0.25, -0.2) is 9.97 Å². The van der Waals surface area contributed by atoms with Crippen LogP contribution in [0.3, 0.4) is 0 Å². The molecule has 0 N–H and O–H groups in total. The van der Waals surface area contributed by atoms with Gasteiger partial charge in [0.25, 0.3) is 0 Å². The van der Waals surface area contributed by atoms with Gasteiger partial charge >= 0.3 is 0 Å². The van der Waals surface area contributed by atoms with Gasteiger partial charge in [0.2, 0.25) is 0 Å². The smallest absolute Gasteiger partial charge is 0.160 e. The summed E-state index contributed by atoms with van der Waals surface area (Å²) in [5, 5.41) is 0. The van der Waals surface area contributed by atoms with Crippen molar-refractivity contribution in [2.24, 2.45) is 5.41 Å². The van der Waals surface area contributed by atoms with E-state index in [9.17, 15) is 0 Å². The minimum atomic E-state index is 0.238. The van der Waals surface area contributed by atoms with Crippen molar-refractivity contribution < 1.29 is 4.74 Å². The summed E-state index contributed by atoms with van der Waals surface area (Å²) in [6, 6.07) is 2.02. The number of rotatable bonds is 4. The van der Waals surface area contributed by atoms with Crippen molar-refractivity contribution >= 4 is 38.7 Å². The van der Waals surface area contributed by atoms with Crippen molar-refractivity contribution in [2.75, 3.05) is 19.1 Å². The molecule has 0 atom stereocenters. The van der Waals surface area contributed by atoms with Gasteiger partial charge in [-0.1, -0.05) is 6.92 Å². The van der Waals surface area contributed by atoms with Crippen molar-refractivity contribution in [2.45, 2.75) is 32.7 Å². The molecule has 0 spiro atoms. The highest BCUT2D eigenvalue weighted by atomic mass is 79.9. The normalized spacial score (nSPS) is 18.2. The Morgan fingerprint density at radius 3 is 2.90 bits per heavy atom. The Balaban J connectivity index is 2.00. The summed E-state index contributed by atoms with van der Waals surface area (Å²) in [5.41, 5.74) is 2.12. The van der Waals surface area contributed by atoms with Crippen molar-refractivity contribution in [1.82, 2.24) is 14.5 Å². The summed E-state index contributed by atoms with van der Waals surface area (Å²) in [5.74, 6) is 1.60. The van der Waals surface area contributed by atoms with Gasteiger partial charge in [-0.3, -0.25) is 0 Å². The van der Waals surface area contributed by atoms with Crippen molar-refractivity contribution in [3.63, 3.8) is 0 Å². The maximum absolute atomic E-state index is 5.94. The highest BCUT2D eigenvalue weighted by molar-refractivity contribution is 9.10. The number of nitrogens with zero attached hydrogens (tertiary/aromatic N) is 3. The second-order valence-electron chi connectivity index (χ2n) is 5.97. The number of aryl methyl sites for hydroxylation is 1. The predicted octanol–water partition coefficient (Wildman–Crippen LogP) is 3.79. The molecule has 1 aliphatic rings. The zero-order chi connectivity index (χ0) is 14.9. The monoisotopic (exact) mass is 371 g/mol. The summed E-state index contributed by atoms with van der Waals surface area (Å²) >= 11 is 9.40. The quantitative estimate of drug-likeness (QED) is 0.767. The standard InChI is InChI=1S/C15H19BrClN3O/c1-15(3-6-21-7-4-15)10-20-13(2-5-17)19-12-8-11(16)9-18-14(12)20/h8-9H,2-7,10H2,1H3. The Morgan fingerprint density at radius 2 is 2.19 bits per heavy atom. The fourth-order valence-corrected chi connectivity index (χ4v) is 3.37. The molecule has 4 nitrogen and oxygen atoms in total. The fraction of sp³-hybridized carbons (Fsp3) is 0.600. The second-order valence-corrected chi connectivity index (χ2v) is 7.27. The summed E-state index contributed by atoms with van der Waals surface area (Å²) in [6.07, 6.45) is 4.74. The molecule has 0 amide bonds. The second kappa shape index (κ2) is 6.23. The number of ether oxygens (including phenoxy) is 1. The Labute approximate surface area is 138 Å². The van der Waals surface area contributed by atoms with E-state index in [1.54, 1.807) is 0 Å². The van der Waals surface area contributed by atoms with Gasteiger partial charge in [-0.2, -0.15) is 0 Å². The third kappa shape index (κ3) is 3.25. The molecule has 114 valence electrons. The van der Waals surface area contributed by atoms with Gasteiger partial charge in [0.05, 0.1) is 0 Å². The Bertz CT molecular complexity index is 637. The molecule has 1 aliphatic heterocycles. The molecule has 2 aromatic heterocycles. The highest BCUT2D eigenvalue weighted by Crippen LogP contribution is 2.33. The lowest BCUT2D eigenvalue weighted by atomic mass is 9.82. The molecular formula is C15H19BrClN3O. The first-order valence-corrected chi connectivity index (χ1v) is 8.58. The number of pyridine rings is 1. The Morgan fingerprint density at radius 1 is 1.43 bits per heavy atom. The maximum atomic E-state index is 5.94. The van der Waals surface area contributed by atoms with Crippen molar-refractivity contribution in [3.05, 3.63) is 22.6 Å². The van der Waals surface area contributed by atoms with Crippen LogP contribution in [0.4, 0.5) is 0 Å². The molecule has 1 saturated heterocycles. The zero-order valence-electron chi connectivity index (χ0n) is 12.1. The minimum Gasteiger partial charge on any atom is -0.381 e. The molecule has 0 radical (unpaired) electrons. The number of hydrogen-bond acceptors (Lipinski definition) is 3. The zero-order valence-corrected chi connectivity index (χ0v) is 14.5. The maximum Gasteiger partial charge on any atom is 0.160 e. The molecule has 3 heterocycles. The largest absolute Gasteiger partial charge is 0.381 e. The van der Waals surface area contributed by atoms with Gasteiger partial charge in [0, 0.05) is 42.7 Å². The van der Waals surface area contributed by atoms with Gasteiger partial charge < -0.3 is 9.30 Å². The number of aromatic nitrogens is 3. The lowest BCUT2D eigenvalue weighted by Gasteiger charge is -2.34. The summed E-state index contributed by atoms with van der Waals surface area (Å²) in [7, 11) is 0. The number of halogens is 2. The number of hydrogen-bond donors (Lipinski definition) is 0. The van der Waals surface area contributed by atoms with E-state index in [2.05, 4.69) is 32.4 Å². The van der Waals surface area contributed by atoms with Gasteiger partial charge in [0.15, 0.2) is 5.65 Å². The van der Waals surface area contributed by atoms with Crippen LogP contribution in [0.2, 0.25) is 0 Å². The van der Waals surface area contributed by atoms with E-state index < -0.39 is 0 Å². The summed E-state index contributed by atoms with van der Waals surface area (Å²) in [6.45, 7) is 4.93. The highest BCUT2D eigenvalue weighted by Gasteiger charge is 2.29. The van der Waals surface area contributed by atoms with Crippen LogP contribution in [0, 0.1) is 5.41 Å². The molecule has 21 heavy (non-hydrogen) atoms. The van der Waals surface area contributed by atoms with Crippen LogP contribution in [-0.4, -0.2) is 33.6 Å². The number of alkyl halides is 1. The van der Waals surface area contributed by atoms with Crippen LogP contribution < -0.4 is 0 Å². The van der Waals surface area contributed by atoms with E-state index in [0.29, 0.717) is 5.88 Å². The number of imidazole rings is 1. The topological polar surface area (TPSA) is 39.9 Å². The fourth-order valence-electron chi connectivity index (χ4n) is 2.88. The first-order valence-electron chi connectivity index (χ1n) is 7.26. The first kappa shape index (κ1) is 15.3. The van der Waals surface area contributed by atoms with Crippen LogP contribution in [0.1, 0.15) is 25.6 Å². The van der Waals surface area contributed by atoms with Crippen LogP contribution >= 0.6 is 27.5 Å². The molecule has 6 heteroatoms. The predicted molar refractivity (Wildman–Crippen MR) is 87.8 cm³/mol. The average Bonchev–Trinajstić information content (AvgIpc) is 2.76. The van der Waals surface area contributed by atoms with E-state index >= 15 is 0 Å². The molecule has 0 saturated carbocycles. The van der Waals surface area contributed by atoms with E-state index in [0.717, 1.165) is 60.5 Å². The lowest BCUT2D eigenvalue weighted by molar-refractivity contribution is 0.0156. The molecule has 0 unspecified atom stereocenters. The summed E-state index contributed by atoms with van der Waals surface area (Å²) in [4.78, 5) is 9.27. The van der Waals surface area contributed by atoms with Gasteiger partial charge in [-0.15, -0.1) is 11.6 Å². The molecule has 0 bridgehead atoms. The molecule has 0 aliphatic carbocycles. The third-order valence-corrected chi connectivity index (χ3v) is 4.81. The van der Waals surface area contributed by atoms with Crippen molar-refractivity contribution in [3.8, 4) is 0 Å². The average molecular weight is 373 g/mol. The molecule has 2 aromatic rings. The van der Waals surface area contributed by atoms with Crippen LogP contribution in [0.15, 0.2) is 16.7 Å². The molecule has 1 fully saturated rings. The van der Waals surface area contributed by atoms with E-state index in [-0.39, 0.29) is 5.41 Å². The minimum absolute atomic E-state index is 0.238. The first-order chi connectivity index (χ1) is 10.1. The molecule has 0 aromatic carbocycles. The molecule has 3 rings (SSSR count). The SMILES string of the molecule is CC1(Cn2c(CCCl)nc3cc(Br)cnc32)CCOCC1. The van der Waals surface area contributed by atoms with Crippen LogP contribution in [-0.2, 0) is 17.7 Å².